The van der Waals surface area contributed by atoms with E-state index in [1.54, 1.807) is 6.33 Å². The fourth-order valence-electron chi connectivity index (χ4n) is 1.57. The van der Waals surface area contributed by atoms with Crippen molar-refractivity contribution < 1.29 is 4.74 Å². The molecule has 0 aromatic carbocycles. The minimum Gasteiger partial charge on any atom is -0.379 e. The molecule has 2 rings (SSSR count). The Balaban J connectivity index is 2.19. The van der Waals surface area contributed by atoms with Crippen molar-refractivity contribution in [1.29, 1.82) is 0 Å². The Morgan fingerprint density at radius 3 is 3.33 bits per heavy atom. The normalized spacial score (nSPS) is 23.2. The number of aromatic nitrogens is 3. The summed E-state index contributed by atoms with van der Waals surface area (Å²) in [6.07, 6.45) is 3.83. The molecule has 1 aromatic heterocycles. The van der Waals surface area contributed by atoms with E-state index in [1.807, 2.05) is 0 Å². The third kappa shape index (κ3) is 1.22. The summed E-state index contributed by atoms with van der Waals surface area (Å²) in [6.45, 7) is 3.77. The summed E-state index contributed by atoms with van der Waals surface area (Å²) in [5.74, 6) is 1.06. The van der Waals surface area contributed by atoms with Crippen LogP contribution in [0.4, 0.5) is 0 Å². The largest absolute Gasteiger partial charge is 0.379 e. The zero-order valence-corrected chi connectivity index (χ0v) is 7.23. The van der Waals surface area contributed by atoms with Crippen molar-refractivity contribution in [2.24, 2.45) is 0 Å². The number of hydrogen-bond acceptors (Lipinski definition) is 3. The number of nitrogens with zero attached hydrogens (tertiary/aromatic N) is 3. The fraction of sp³-hybridized carbons (Fsp3) is 0.750. The maximum absolute atomic E-state index is 5.30. The highest BCUT2D eigenvalue weighted by atomic mass is 16.5. The average Bonchev–Trinajstić information content (AvgIpc) is 2.74. The topological polar surface area (TPSA) is 39.9 Å². The van der Waals surface area contributed by atoms with Crippen LogP contribution in [0.5, 0.6) is 0 Å². The number of aryl methyl sites for hydroxylation is 1. The van der Waals surface area contributed by atoms with Crippen LogP contribution in [0.25, 0.3) is 0 Å². The molecule has 1 aliphatic heterocycles. The third-order valence-electron chi connectivity index (χ3n) is 2.26. The third-order valence-corrected chi connectivity index (χ3v) is 2.26. The summed E-state index contributed by atoms with van der Waals surface area (Å²) >= 11 is 0. The van der Waals surface area contributed by atoms with Crippen molar-refractivity contribution >= 4 is 0 Å². The monoisotopic (exact) mass is 167 g/mol. The predicted molar refractivity (Wildman–Crippen MR) is 43.9 cm³/mol. The molecule has 0 radical (unpaired) electrons. The van der Waals surface area contributed by atoms with Crippen LogP contribution < -0.4 is 0 Å². The second-order valence-corrected chi connectivity index (χ2v) is 3.03. The van der Waals surface area contributed by atoms with Crippen molar-refractivity contribution in [2.75, 3.05) is 13.2 Å². The molecular formula is C8H13N3O. The molecule has 0 aliphatic carbocycles. The summed E-state index contributed by atoms with van der Waals surface area (Å²) in [6, 6.07) is 0.468. The molecule has 1 unspecified atom stereocenters. The minimum atomic E-state index is 0.468. The molecule has 1 aromatic rings. The van der Waals surface area contributed by atoms with Gasteiger partial charge in [-0.3, -0.25) is 0 Å². The van der Waals surface area contributed by atoms with E-state index >= 15 is 0 Å². The molecule has 2 heterocycles. The van der Waals surface area contributed by atoms with Gasteiger partial charge in [0.2, 0.25) is 0 Å². The lowest BCUT2D eigenvalue weighted by atomic mass is 10.2. The summed E-state index contributed by atoms with van der Waals surface area (Å²) in [4.78, 5) is 0. The second kappa shape index (κ2) is 3.23. The predicted octanol–water partition coefficient (Wildman–Crippen LogP) is 0.802. The highest BCUT2D eigenvalue weighted by Crippen LogP contribution is 2.19. The molecular weight excluding hydrogens is 154 g/mol. The van der Waals surface area contributed by atoms with Gasteiger partial charge in [-0.2, -0.15) is 0 Å². The molecule has 12 heavy (non-hydrogen) atoms. The first-order valence-corrected chi connectivity index (χ1v) is 4.38. The smallest absolute Gasteiger partial charge is 0.132 e. The second-order valence-electron chi connectivity index (χ2n) is 3.03. The molecule has 1 atom stereocenters. The maximum Gasteiger partial charge on any atom is 0.132 e. The molecule has 4 heteroatoms. The molecule has 0 spiro atoms. The Kier molecular flexibility index (Phi) is 2.08. The SMILES string of the molecule is CCc1nncn1C1CCOC1. The first-order valence-electron chi connectivity index (χ1n) is 4.38. The molecule has 1 aliphatic rings. The molecule has 0 bridgehead atoms. The van der Waals surface area contributed by atoms with E-state index in [9.17, 15) is 0 Å². The van der Waals surface area contributed by atoms with Gasteiger partial charge in [-0.15, -0.1) is 10.2 Å². The quantitative estimate of drug-likeness (QED) is 0.654. The number of rotatable bonds is 2. The van der Waals surface area contributed by atoms with Gasteiger partial charge in [-0.1, -0.05) is 6.92 Å². The van der Waals surface area contributed by atoms with Gasteiger partial charge in [-0.25, -0.2) is 0 Å². The van der Waals surface area contributed by atoms with Gasteiger partial charge in [0.05, 0.1) is 12.6 Å². The van der Waals surface area contributed by atoms with Gasteiger partial charge in [0.25, 0.3) is 0 Å². The van der Waals surface area contributed by atoms with Crippen LogP contribution in [-0.4, -0.2) is 28.0 Å². The summed E-state index contributed by atoms with van der Waals surface area (Å²) in [7, 11) is 0. The Labute approximate surface area is 71.6 Å². The van der Waals surface area contributed by atoms with Crippen LogP contribution in [0.1, 0.15) is 25.2 Å². The summed E-state index contributed by atoms with van der Waals surface area (Å²) < 4.78 is 7.44. The summed E-state index contributed by atoms with van der Waals surface area (Å²) in [5.41, 5.74) is 0. The molecule has 1 saturated heterocycles. The standard InChI is InChI=1S/C8H13N3O/c1-2-8-10-9-6-11(8)7-3-4-12-5-7/h6-7H,2-5H2,1H3. The lowest BCUT2D eigenvalue weighted by molar-refractivity contribution is 0.186. The van der Waals surface area contributed by atoms with Crippen molar-refractivity contribution in [3.8, 4) is 0 Å². The van der Waals surface area contributed by atoms with E-state index in [2.05, 4.69) is 21.7 Å². The van der Waals surface area contributed by atoms with Crippen LogP contribution in [0, 0.1) is 0 Å². The molecule has 0 amide bonds. The lowest BCUT2D eigenvalue weighted by Crippen LogP contribution is -2.10. The van der Waals surface area contributed by atoms with E-state index in [-0.39, 0.29) is 0 Å². The van der Waals surface area contributed by atoms with Crippen LogP contribution in [0.3, 0.4) is 0 Å². The van der Waals surface area contributed by atoms with Gasteiger partial charge in [0.1, 0.15) is 12.2 Å². The highest BCUT2D eigenvalue weighted by Gasteiger charge is 2.19. The van der Waals surface area contributed by atoms with Gasteiger partial charge in [0.15, 0.2) is 0 Å². The van der Waals surface area contributed by atoms with Crippen LogP contribution >= 0.6 is 0 Å². The Morgan fingerprint density at radius 1 is 1.75 bits per heavy atom. The van der Waals surface area contributed by atoms with E-state index in [0.29, 0.717) is 6.04 Å². The van der Waals surface area contributed by atoms with Crippen molar-refractivity contribution in [1.82, 2.24) is 14.8 Å². The van der Waals surface area contributed by atoms with Crippen LogP contribution in [0.15, 0.2) is 6.33 Å². The van der Waals surface area contributed by atoms with Crippen molar-refractivity contribution in [3.05, 3.63) is 12.2 Å². The number of ether oxygens (including phenoxy) is 1. The fourth-order valence-corrected chi connectivity index (χ4v) is 1.57. The molecule has 66 valence electrons. The minimum absolute atomic E-state index is 0.468. The Hall–Kier alpha value is -0.900. The molecule has 4 nitrogen and oxygen atoms in total. The van der Waals surface area contributed by atoms with E-state index in [0.717, 1.165) is 31.9 Å². The van der Waals surface area contributed by atoms with Crippen molar-refractivity contribution in [3.63, 3.8) is 0 Å². The Bertz CT molecular complexity index is 253. The zero-order valence-electron chi connectivity index (χ0n) is 7.23. The lowest BCUT2D eigenvalue weighted by Gasteiger charge is -2.10. The van der Waals surface area contributed by atoms with Crippen LogP contribution in [-0.2, 0) is 11.2 Å². The van der Waals surface area contributed by atoms with Gasteiger partial charge in [-0.05, 0) is 6.42 Å². The number of hydrogen-bond donors (Lipinski definition) is 0. The summed E-state index contributed by atoms with van der Waals surface area (Å²) in [5, 5.41) is 7.93. The first-order chi connectivity index (χ1) is 5.92. The maximum atomic E-state index is 5.30. The molecule has 0 saturated carbocycles. The molecule has 0 N–H and O–H groups in total. The first kappa shape index (κ1) is 7.73. The van der Waals surface area contributed by atoms with Gasteiger partial charge < -0.3 is 9.30 Å². The van der Waals surface area contributed by atoms with Gasteiger partial charge in [0, 0.05) is 13.0 Å². The van der Waals surface area contributed by atoms with E-state index in [4.69, 9.17) is 4.74 Å². The average molecular weight is 167 g/mol. The van der Waals surface area contributed by atoms with Crippen LogP contribution in [0.2, 0.25) is 0 Å². The zero-order chi connectivity index (χ0) is 8.39. The van der Waals surface area contributed by atoms with Crippen molar-refractivity contribution in [2.45, 2.75) is 25.8 Å². The van der Waals surface area contributed by atoms with Gasteiger partial charge >= 0.3 is 0 Å². The van der Waals surface area contributed by atoms with E-state index < -0.39 is 0 Å². The highest BCUT2D eigenvalue weighted by molar-refractivity contribution is 4.89. The van der Waals surface area contributed by atoms with E-state index in [1.165, 1.54) is 0 Å². The Morgan fingerprint density at radius 2 is 2.67 bits per heavy atom. The molecule has 1 fully saturated rings.